The number of rotatable bonds is 9. The van der Waals surface area contributed by atoms with E-state index in [1.165, 1.54) is 0 Å². The summed E-state index contributed by atoms with van der Waals surface area (Å²) in [5.74, 6) is -1.03. The Balaban J connectivity index is 1.45. The number of hydrogen-bond acceptors (Lipinski definition) is 4. The van der Waals surface area contributed by atoms with Crippen molar-refractivity contribution in [3.63, 3.8) is 0 Å². The fraction of sp³-hybridized carbons (Fsp3) is 0.133. The van der Waals surface area contributed by atoms with Crippen molar-refractivity contribution in [1.29, 1.82) is 0 Å². The average molecular weight is 529 g/mol. The second-order valence-electron chi connectivity index (χ2n) is 8.00. The molecule has 0 aliphatic heterocycles. The molecule has 0 aliphatic carbocycles. The van der Waals surface area contributed by atoms with Crippen LogP contribution < -0.4 is 0 Å². The maximum absolute atomic E-state index is 13.0. The van der Waals surface area contributed by atoms with Gasteiger partial charge in [-0.2, -0.15) is 0 Å². The Hall–Kier alpha value is -3.70. The van der Waals surface area contributed by atoms with Crippen molar-refractivity contribution >= 4 is 27.9 Å². The molecule has 0 fully saturated rings. The van der Waals surface area contributed by atoms with Crippen LogP contribution in [-0.2, 0) is 19.1 Å². The van der Waals surface area contributed by atoms with E-state index in [0.29, 0.717) is 0 Å². The van der Waals surface area contributed by atoms with Crippen molar-refractivity contribution in [2.45, 2.75) is 23.5 Å². The summed E-state index contributed by atoms with van der Waals surface area (Å²) in [6.07, 6.45) is -1.31. The van der Waals surface area contributed by atoms with E-state index in [1.54, 1.807) is 0 Å². The lowest BCUT2D eigenvalue weighted by Crippen LogP contribution is -2.25. The van der Waals surface area contributed by atoms with Crippen molar-refractivity contribution in [2.75, 3.05) is 0 Å². The fourth-order valence-corrected chi connectivity index (χ4v) is 4.14. The summed E-state index contributed by atoms with van der Waals surface area (Å²) in [5, 5.41) is 0. The minimum Gasteiger partial charge on any atom is -0.452 e. The monoisotopic (exact) mass is 528 g/mol. The van der Waals surface area contributed by atoms with Gasteiger partial charge in [-0.1, -0.05) is 137 Å². The molecule has 1 unspecified atom stereocenters. The molecule has 0 radical (unpaired) electrons. The maximum atomic E-state index is 13.0. The number of carbonyl (C=O) groups is 2. The molecule has 0 bridgehead atoms. The van der Waals surface area contributed by atoms with E-state index in [0.717, 1.165) is 22.3 Å². The highest BCUT2D eigenvalue weighted by Crippen LogP contribution is 2.29. The van der Waals surface area contributed by atoms with Gasteiger partial charge in [-0.25, -0.2) is 0 Å². The van der Waals surface area contributed by atoms with Crippen molar-refractivity contribution in [3.05, 3.63) is 144 Å². The van der Waals surface area contributed by atoms with E-state index in [9.17, 15) is 9.59 Å². The van der Waals surface area contributed by atoms with Gasteiger partial charge in [0.25, 0.3) is 0 Å². The third kappa shape index (κ3) is 6.67. The largest absolute Gasteiger partial charge is 0.452 e. The molecule has 1 atom stereocenters. The smallest absolute Gasteiger partial charge is 0.321 e. The van der Waals surface area contributed by atoms with Crippen LogP contribution in [0.5, 0.6) is 0 Å². The molecule has 0 heterocycles. The number of carbonyl (C=O) groups excluding carboxylic acids is 2. The lowest BCUT2D eigenvalue weighted by atomic mass is 10.0. The van der Waals surface area contributed by atoms with Crippen LogP contribution in [-0.4, -0.2) is 16.8 Å². The van der Waals surface area contributed by atoms with E-state index in [-0.39, 0.29) is 6.42 Å². The van der Waals surface area contributed by atoms with E-state index < -0.39 is 29.0 Å². The van der Waals surface area contributed by atoms with Crippen molar-refractivity contribution in [3.8, 4) is 0 Å². The summed E-state index contributed by atoms with van der Waals surface area (Å²) in [5.41, 5.74) is 3.41. The molecule has 176 valence electrons. The van der Waals surface area contributed by atoms with Crippen LogP contribution in [0.4, 0.5) is 0 Å². The molecule has 0 spiro atoms. The van der Waals surface area contributed by atoms with Gasteiger partial charge in [-0.15, -0.1) is 0 Å². The lowest BCUT2D eigenvalue weighted by molar-refractivity contribution is -0.153. The first kappa shape index (κ1) is 24.4. The van der Waals surface area contributed by atoms with E-state index in [2.05, 4.69) is 15.9 Å². The minimum absolute atomic E-state index is 0.161. The number of halogens is 1. The quantitative estimate of drug-likeness (QED) is 0.177. The maximum Gasteiger partial charge on any atom is 0.321 e. The number of ether oxygens (including phenoxy) is 2. The predicted molar refractivity (Wildman–Crippen MR) is 139 cm³/mol. The number of esters is 2. The third-order valence-electron chi connectivity index (χ3n) is 5.49. The Labute approximate surface area is 213 Å². The molecule has 0 saturated heterocycles. The molecule has 4 aromatic rings. The molecule has 0 aliphatic rings. The predicted octanol–water partition coefficient (Wildman–Crippen LogP) is 6.81. The minimum atomic E-state index is -0.850. The van der Waals surface area contributed by atoms with Crippen LogP contribution in [0, 0.1) is 0 Å². The van der Waals surface area contributed by atoms with E-state index in [4.69, 9.17) is 9.47 Å². The highest BCUT2D eigenvalue weighted by atomic mass is 79.9. The first-order valence-corrected chi connectivity index (χ1v) is 12.3. The zero-order valence-corrected chi connectivity index (χ0v) is 20.6. The van der Waals surface area contributed by atoms with Gasteiger partial charge in [-0.3, -0.25) is 9.59 Å². The molecule has 0 saturated carbocycles. The lowest BCUT2D eigenvalue weighted by Gasteiger charge is -2.22. The molecule has 4 aromatic carbocycles. The molecule has 0 amide bonds. The topological polar surface area (TPSA) is 52.6 Å². The first-order chi connectivity index (χ1) is 17.1. The second-order valence-corrected chi connectivity index (χ2v) is 9.11. The van der Waals surface area contributed by atoms with Gasteiger partial charge in [0.15, 0.2) is 12.2 Å². The van der Waals surface area contributed by atoms with Crippen LogP contribution in [0.25, 0.3) is 0 Å². The average Bonchev–Trinajstić information content (AvgIpc) is 2.92. The number of alkyl halides is 1. The first-order valence-electron chi connectivity index (χ1n) is 11.4. The van der Waals surface area contributed by atoms with Crippen LogP contribution in [0.3, 0.4) is 0 Å². The molecule has 4 nitrogen and oxygen atoms in total. The molecule has 4 rings (SSSR count). The van der Waals surface area contributed by atoms with Crippen LogP contribution in [0.2, 0.25) is 0 Å². The number of hydrogen-bond donors (Lipinski definition) is 0. The van der Waals surface area contributed by atoms with Gasteiger partial charge >= 0.3 is 11.9 Å². The van der Waals surface area contributed by atoms with Gasteiger partial charge in [0.05, 0.1) is 6.42 Å². The summed E-state index contributed by atoms with van der Waals surface area (Å²) < 4.78 is 11.7. The van der Waals surface area contributed by atoms with Gasteiger partial charge in [0.2, 0.25) is 0 Å². The Kier molecular flexibility index (Phi) is 8.47. The molecular weight excluding hydrogens is 504 g/mol. The van der Waals surface area contributed by atoms with Gasteiger partial charge in [0.1, 0.15) is 4.83 Å². The summed E-state index contributed by atoms with van der Waals surface area (Å²) in [6.45, 7) is 0. The fourth-order valence-electron chi connectivity index (χ4n) is 3.77. The van der Waals surface area contributed by atoms with Gasteiger partial charge in [0, 0.05) is 0 Å². The normalized spacial score (nSPS) is 11.7. The summed E-state index contributed by atoms with van der Waals surface area (Å²) in [7, 11) is 0. The van der Waals surface area contributed by atoms with Crippen LogP contribution in [0.15, 0.2) is 121 Å². The molecule has 35 heavy (non-hydrogen) atoms. The highest BCUT2D eigenvalue weighted by Gasteiger charge is 2.28. The summed E-state index contributed by atoms with van der Waals surface area (Å²) >= 11 is 3.34. The molecule has 0 N–H and O–H groups in total. The highest BCUT2D eigenvalue weighted by molar-refractivity contribution is 9.10. The molecule has 5 heteroatoms. The second kappa shape index (κ2) is 12.1. The van der Waals surface area contributed by atoms with Crippen LogP contribution in [0.1, 0.15) is 40.9 Å². The van der Waals surface area contributed by atoms with Crippen LogP contribution >= 0.6 is 15.9 Å². The van der Waals surface area contributed by atoms with Crippen molar-refractivity contribution in [2.24, 2.45) is 0 Å². The van der Waals surface area contributed by atoms with E-state index >= 15 is 0 Å². The third-order valence-corrected chi connectivity index (χ3v) is 6.19. The standard InChI is InChI=1S/C30H25BrO4/c31-26(30(33)35-29(24-17-9-3-10-18-24)25-19-11-4-12-20-25)21-27(32)34-28(22-13-5-1-6-14-22)23-15-7-2-8-16-23/h1-20,26,28-29H,21H2. The summed E-state index contributed by atoms with van der Waals surface area (Å²) in [4.78, 5) is 25.0. The Morgan fingerprint density at radius 3 is 1.20 bits per heavy atom. The van der Waals surface area contributed by atoms with Gasteiger partial charge < -0.3 is 9.47 Å². The Bertz CT molecular complexity index is 1140. The van der Waals surface area contributed by atoms with Crippen molar-refractivity contribution in [1.82, 2.24) is 0 Å². The Morgan fingerprint density at radius 1 is 0.543 bits per heavy atom. The van der Waals surface area contributed by atoms with Gasteiger partial charge in [-0.05, 0) is 22.3 Å². The zero-order chi connectivity index (χ0) is 24.5. The zero-order valence-electron chi connectivity index (χ0n) is 19.0. The van der Waals surface area contributed by atoms with E-state index in [1.807, 2.05) is 121 Å². The summed E-state index contributed by atoms with van der Waals surface area (Å²) in [6, 6.07) is 38.1. The SMILES string of the molecule is O=C(CC(Br)C(=O)OC(c1ccccc1)c1ccccc1)OC(c1ccccc1)c1ccccc1. The molecular formula is C30H25BrO4. The molecule has 0 aromatic heterocycles. The number of benzene rings is 4. The van der Waals surface area contributed by atoms with Crippen molar-refractivity contribution < 1.29 is 19.1 Å². The Morgan fingerprint density at radius 2 is 0.857 bits per heavy atom.